The maximum absolute atomic E-state index is 12.6. The van der Waals surface area contributed by atoms with Gasteiger partial charge in [0.1, 0.15) is 0 Å². The minimum Gasteiger partial charge on any atom is -0.396 e. The van der Waals surface area contributed by atoms with E-state index in [4.69, 9.17) is 5.73 Å². The number of anilines is 1. The molecule has 1 aromatic heterocycles. The number of aromatic nitrogens is 1. The van der Waals surface area contributed by atoms with Gasteiger partial charge in [-0.25, -0.2) is 9.37 Å². The summed E-state index contributed by atoms with van der Waals surface area (Å²) in [7, 11) is 0. The Kier molecular flexibility index (Phi) is 1.91. The zero-order chi connectivity index (χ0) is 9.35. The fourth-order valence-electron chi connectivity index (χ4n) is 0.656. The molecule has 0 unspecified atom stereocenters. The molecule has 12 heavy (non-hydrogen) atoms. The molecule has 0 aliphatic rings. The van der Waals surface area contributed by atoms with Gasteiger partial charge >= 0.3 is 6.18 Å². The molecule has 0 aliphatic carbocycles. The van der Waals surface area contributed by atoms with Crippen molar-refractivity contribution in [1.82, 2.24) is 4.98 Å². The molecule has 0 fully saturated rings. The molecule has 0 atom stereocenters. The average molecular weight is 180 g/mol. The first-order valence-corrected chi connectivity index (χ1v) is 2.90. The standard InChI is InChI=1S/C6H4F4N2/c7-4-3(11)1-2-12-5(4)6(8,9)10/h1-2H,(H2,11,12). The summed E-state index contributed by atoms with van der Waals surface area (Å²) in [6.45, 7) is 0. The molecule has 1 heterocycles. The van der Waals surface area contributed by atoms with E-state index in [1.54, 1.807) is 0 Å². The van der Waals surface area contributed by atoms with E-state index < -0.39 is 23.4 Å². The Morgan fingerprint density at radius 2 is 1.92 bits per heavy atom. The summed E-state index contributed by atoms with van der Waals surface area (Å²) in [4.78, 5) is 2.83. The van der Waals surface area contributed by atoms with Gasteiger partial charge in [0, 0.05) is 6.20 Å². The highest BCUT2D eigenvalue weighted by Crippen LogP contribution is 2.30. The molecular formula is C6H4F4N2. The normalized spacial score (nSPS) is 11.7. The van der Waals surface area contributed by atoms with Crippen LogP contribution in [0, 0.1) is 5.82 Å². The van der Waals surface area contributed by atoms with Crippen molar-refractivity contribution in [2.45, 2.75) is 6.18 Å². The first-order valence-electron chi connectivity index (χ1n) is 2.90. The average Bonchev–Trinajstić information content (AvgIpc) is 1.92. The number of nitrogen functional groups attached to an aromatic ring is 1. The van der Waals surface area contributed by atoms with Crippen molar-refractivity contribution < 1.29 is 17.6 Å². The number of nitrogens with two attached hydrogens (primary N) is 1. The summed E-state index contributed by atoms with van der Waals surface area (Å²) < 4.78 is 48.2. The molecule has 0 spiro atoms. The zero-order valence-electron chi connectivity index (χ0n) is 5.69. The molecule has 0 aromatic carbocycles. The van der Waals surface area contributed by atoms with Gasteiger partial charge in [-0.15, -0.1) is 0 Å². The van der Waals surface area contributed by atoms with Crippen molar-refractivity contribution in [1.29, 1.82) is 0 Å². The van der Waals surface area contributed by atoms with Gasteiger partial charge in [0.05, 0.1) is 5.69 Å². The monoisotopic (exact) mass is 180 g/mol. The lowest BCUT2D eigenvalue weighted by Crippen LogP contribution is -2.12. The third-order valence-electron chi connectivity index (χ3n) is 1.19. The Morgan fingerprint density at radius 1 is 1.33 bits per heavy atom. The summed E-state index contributed by atoms with van der Waals surface area (Å²) in [5, 5.41) is 0. The summed E-state index contributed by atoms with van der Waals surface area (Å²) in [6.07, 6.45) is -3.99. The quantitative estimate of drug-likeness (QED) is 0.618. The van der Waals surface area contributed by atoms with E-state index in [-0.39, 0.29) is 0 Å². The molecule has 0 bridgehead atoms. The van der Waals surface area contributed by atoms with Crippen LogP contribution in [0.25, 0.3) is 0 Å². The predicted molar refractivity (Wildman–Crippen MR) is 33.6 cm³/mol. The van der Waals surface area contributed by atoms with Crippen molar-refractivity contribution in [2.75, 3.05) is 5.73 Å². The smallest absolute Gasteiger partial charge is 0.396 e. The highest BCUT2D eigenvalue weighted by Gasteiger charge is 2.36. The first kappa shape index (κ1) is 8.76. The molecule has 0 saturated carbocycles. The second kappa shape index (κ2) is 2.62. The molecule has 1 rings (SSSR count). The maximum atomic E-state index is 12.6. The van der Waals surface area contributed by atoms with Crippen LogP contribution in [0.1, 0.15) is 5.69 Å². The zero-order valence-corrected chi connectivity index (χ0v) is 5.69. The van der Waals surface area contributed by atoms with Gasteiger partial charge in [0.2, 0.25) is 0 Å². The Morgan fingerprint density at radius 3 is 2.33 bits per heavy atom. The highest BCUT2D eigenvalue weighted by molar-refractivity contribution is 5.40. The third kappa shape index (κ3) is 1.46. The number of nitrogens with zero attached hydrogens (tertiary/aromatic N) is 1. The summed E-state index contributed by atoms with van der Waals surface area (Å²) in [5.74, 6) is -1.52. The van der Waals surface area contributed by atoms with E-state index >= 15 is 0 Å². The largest absolute Gasteiger partial charge is 0.436 e. The molecule has 0 amide bonds. The van der Waals surface area contributed by atoms with Gasteiger partial charge in [-0.2, -0.15) is 13.2 Å². The van der Waals surface area contributed by atoms with Gasteiger partial charge in [-0.3, -0.25) is 0 Å². The SMILES string of the molecule is Nc1ccnc(C(F)(F)F)c1F. The van der Waals surface area contributed by atoms with Crippen LogP contribution < -0.4 is 5.73 Å². The molecule has 0 saturated heterocycles. The first-order chi connectivity index (χ1) is 5.43. The summed E-state index contributed by atoms with van der Waals surface area (Å²) in [5.41, 5.74) is 2.76. The molecule has 2 nitrogen and oxygen atoms in total. The topological polar surface area (TPSA) is 38.9 Å². The summed E-state index contributed by atoms with van der Waals surface area (Å²) >= 11 is 0. The number of rotatable bonds is 0. The van der Waals surface area contributed by atoms with Crippen molar-refractivity contribution in [2.24, 2.45) is 0 Å². The number of alkyl halides is 3. The van der Waals surface area contributed by atoms with Crippen molar-refractivity contribution in [3.8, 4) is 0 Å². The van der Waals surface area contributed by atoms with Crippen LogP contribution in [-0.4, -0.2) is 4.98 Å². The van der Waals surface area contributed by atoms with Gasteiger partial charge in [-0.1, -0.05) is 0 Å². The van der Waals surface area contributed by atoms with Crippen LogP contribution >= 0.6 is 0 Å². The highest BCUT2D eigenvalue weighted by atomic mass is 19.4. The molecule has 6 heteroatoms. The number of pyridine rings is 1. The second-order valence-electron chi connectivity index (χ2n) is 2.06. The molecule has 66 valence electrons. The van der Waals surface area contributed by atoms with Crippen LogP contribution in [0.5, 0.6) is 0 Å². The van der Waals surface area contributed by atoms with Crippen LogP contribution in [-0.2, 0) is 6.18 Å². The number of hydrogen-bond acceptors (Lipinski definition) is 2. The summed E-state index contributed by atoms with van der Waals surface area (Å²) in [6, 6.07) is 0.963. The Hall–Kier alpha value is -1.33. The van der Waals surface area contributed by atoms with Crippen molar-refractivity contribution in [3.63, 3.8) is 0 Å². The maximum Gasteiger partial charge on any atom is 0.436 e. The van der Waals surface area contributed by atoms with Crippen LogP contribution in [0.3, 0.4) is 0 Å². The lowest BCUT2D eigenvalue weighted by Gasteiger charge is -2.06. The van der Waals surface area contributed by atoms with Crippen molar-refractivity contribution >= 4 is 5.69 Å². The molecule has 0 aliphatic heterocycles. The van der Waals surface area contributed by atoms with E-state index in [2.05, 4.69) is 4.98 Å². The van der Waals surface area contributed by atoms with Crippen LogP contribution in [0.15, 0.2) is 12.3 Å². The Bertz CT molecular complexity index is 294. The fraction of sp³-hybridized carbons (Fsp3) is 0.167. The lowest BCUT2D eigenvalue weighted by molar-refractivity contribution is -0.143. The number of hydrogen-bond donors (Lipinski definition) is 1. The second-order valence-corrected chi connectivity index (χ2v) is 2.06. The minimum atomic E-state index is -4.79. The van der Waals surface area contributed by atoms with Gasteiger partial charge in [0.25, 0.3) is 0 Å². The predicted octanol–water partition coefficient (Wildman–Crippen LogP) is 1.82. The lowest BCUT2D eigenvalue weighted by atomic mass is 10.3. The Labute approximate surface area is 65.0 Å². The van der Waals surface area contributed by atoms with Crippen LogP contribution in [0.4, 0.5) is 23.2 Å². The molecule has 1 aromatic rings. The van der Waals surface area contributed by atoms with E-state index in [0.29, 0.717) is 0 Å². The third-order valence-corrected chi connectivity index (χ3v) is 1.19. The van der Waals surface area contributed by atoms with E-state index in [0.717, 1.165) is 12.3 Å². The Balaban J connectivity index is 3.26. The van der Waals surface area contributed by atoms with E-state index in [9.17, 15) is 17.6 Å². The van der Waals surface area contributed by atoms with Gasteiger partial charge in [0.15, 0.2) is 11.5 Å². The minimum absolute atomic E-state index is 0.558. The molecular weight excluding hydrogens is 176 g/mol. The van der Waals surface area contributed by atoms with Crippen molar-refractivity contribution in [3.05, 3.63) is 23.8 Å². The van der Waals surface area contributed by atoms with E-state index in [1.165, 1.54) is 0 Å². The van der Waals surface area contributed by atoms with E-state index in [1.807, 2.05) is 0 Å². The van der Waals surface area contributed by atoms with Gasteiger partial charge < -0.3 is 5.73 Å². The van der Waals surface area contributed by atoms with Gasteiger partial charge in [-0.05, 0) is 6.07 Å². The van der Waals surface area contributed by atoms with Crippen LogP contribution in [0.2, 0.25) is 0 Å². The molecule has 2 N–H and O–H groups in total. The fourth-order valence-corrected chi connectivity index (χ4v) is 0.656. The molecule has 0 radical (unpaired) electrons. The number of halogens is 4.